The fraction of sp³-hybridized carbons (Fsp3) is 0.417. The van der Waals surface area contributed by atoms with Crippen molar-refractivity contribution in [1.29, 1.82) is 0 Å². The summed E-state index contributed by atoms with van der Waals surface area (Å²) < 4.78 is 2.53. The molecule has 1 aliphatic carbocycles. The Labute approximate surface area is 102 Å². The van der Waals surface area contributed by atoms with Gasteiger partial charge >= 0.3 is 11.7 Å². The Morgan fingerprint density at radius 1 is 1.33 bits per heavy atom. The Kier molecular flexibility index (Phi) is 2.26. The molecule has 0 aliphatic heterocycles. The number of pyridine rings is 1. The first-order valence-corrected chi connectivity index (χ1v) is 5.95. The van der Waals surface area contributed by atoms with Crippen LogP contribution in [-0.2, 0) is 10.3 Å². The van der Waals surface area contributed by atoms with Crippen LogP contribution in [0.15, 0.2) is 29.2 Å². The lowest BCUT2D eigenvalue weighted by Gasteiger charge is -2.22. The Morgan fingerprint density at radius 3 is 2.67 bits per heavy atom. The number of rotatable bonds is 2. The van der Waals surface area contributed by atoms with Crippen molar-refractivity contribution < 1.29 is 9.90 Å². The molecule has 1 N–H and O–H groups in total. The Bertz CT molecular complexity index is 665. The average molecular weight is 247 g/mol. The van der Waals surface area contributed by atoms with Gasteiger partial charge < -0.3 is 5.11 Å². The summed E-state index contributed by atoms with van der Waals surface area (Å²) in [6.07, 6.45) is 4.16. The number of carboxylic acid groups (broad SMARTS) is 1. The molecule has 0 amide bonds. The lowest BCUT2D eigenvalue weighted by Crippen LogP contribution is -2.45. The van der Waals surface area contributed by atoms with E-state index in [0.717, 1.165) is 17.5 Å². The van der Waals surface area contributed by atoms with E-state index in [2.05, 4.69) is 5.10 Å². The smallest absolute Gasteiger partial charge is 0.351 e. The van der Waals surface area contributed by atoms with Crippen molar-refractivity contribution >= 4 is 11.6 Å². The lowest BCUT2D eigenvalue weighted by atomic mass is 9.98. The maximum atomic E-state index is 12.2. The Hall–Kier alpha value is -2.11. The molecule has 0 radical (unpaired) electrons. The van der Waals surface area contributed by atoms with Crippen LogP contribution in [0.2, 0.25) is 0 Å². The van der Waals surface area contributed by atoms with Crippen molar-refractivity contribution in [2.75, 3.05) is 0 Å². The van der Waals surface area contributed by atoms with Crippen LogP contribution in [0.4, 0.5) is 0 Å². The van der Waals surface area contributed by atoms with E-state index in [9.17, 15) is 14.7 Å². The van der Waals surface area contributed by atoms with Crippen molar-refractivity contribution in [1.82, 2.24) is 14.2 Å². The van der Waals surface area contributed by atoms with E-state index in [0.29, 0.717) is 18.5 Å². The molecule has 0 atom stereocenters. The van der Waals surface area contributed by atoms with Crippen LogP contribution in [-0.4, -0.2) is 25.3 Å². The van der Waals surface area contributed by atoms with E-state index in [1.165, 1.54) is 4.40 Å². The average Bonchev–Trinajstić information content (AvgIpc) is 2.96. The number of carboxylic acids is 1. The van der Waals surface area contributed by atoms with Crippen LogP contribution in [0.5, 0.6) is 0 Å². The predicted molar refractivity (Wildman–Crippen MR) is 63.5 cm³/mol. The van der Waals surface area contributed by atoms with E-state index in [-0.39, 0.29) is 5.69 Å². The fourth-order valence-electron chi connectivity index (χ4n) is 2.68. The third-order valence-corrected chi connectivity index (χ3v) is 3.66. The molecule has 0 bridgehead atoms. The summed E-state index contributed by atoms with van der Waals surface area (Å²) in [6, 6.07) is 5.19. The molecule has 6 heteroatoms. The van der Waals surface area contributed by atoms with Crippen LogP contribution in [0.25, 0.3) is 5.65 Å². The van der Waals surface area contributed by atoms with E-state index in [1.54, 1.807) is 24.4 Å². The quantitative estimate of drug-likeness (QED) is 0.853. The monoisotopic (exact) mass is 247 g/mol. The predicted octanol–water partition coefficient (Wildman–Crippen LogP) is 0.850. The molecule has 18 heavy (non-hydrogen) atoms. The molecular formula is C12H13N3O3. The van der Waals surface area contributed by atoms with Crippen molar-refractivity contribution in [3.63, 3.8) is 0 Å². The highest BCUT2D eigenvalue weighted by molar-refractivity contribution is 5.77. The summed E-state index contributed by atoms with van der Waals surface area (Å²) >= 11 is 0. The van der Waals surface area contributed by atoms with Crippen molar-refractivity contribution in [2.45, 2.75) is 31.2 Å². The first-order valence-electron chi connectivity index (χ1n) is 5.95. The van der Waals surface area contributed by atoms with Gasteiger partial charge in [0.25, 0.3) is 0 Å². The zero-order valence-electron chi connectivity index (χ0n) is 9.74. The first-order chi connectivity index (χ1) is 8.65. The maximum Gasteiger partial charge on any atom is 0.351 e. The second-order valence-electron chi connectivity index (χ2n) is 4.67. The molecule has 3 rings (SSSR count). The summed E-state index contributed by atoms with van der Waals surface area (Å²) in [5.41, 5.74) is -1.06. The number of aliphatic carboxylic acids is 1. The van der Waals surface area contributed by atoms with Crippen molar-refractivity contribution in [3.05, 3.63) is 34.9 Å². The number of fused-ring (bicyclic) bond motifs is 1. The van der Waals surface area contributed by atoms with Crippen LogP contribution in [0.1, 0.15) is 25.7 Å². The molecule has 1 aliphatic rings. The first kappa shape index (κ1) is 11.0. The summed E-state index contributed by atoms with van der Waals surface area (Å²) in [7, 11) is 0. The van der Waals surface area contributed by atoms with Crippen molar-refractivity contribution in [2.24, 2.45) is 0 Å². The second-order valence-corrected chi connectivity index (χ2v) is 4.67. The molecule has 0 unspecified atom stereocenters. The maximum absolute atomic E-state index is 12.2. The normalized spacial score (nSPS) is 18.2. The van der Waals surface area contributed by atoms with Gasteiger partial charge in [0.2, 0.25) is 0 Å². The Balaban J connectivity index is 2.28. The fourth-order valence-corrected chi connectivity index (χ4v) is 2.68. The molecule has 94 valence electrons. The molecular weight excluding hydrogens is 234 g/mol. The number of nitrogens with zero attached hydrogens (tertiary/aromatic N) is 3. The number of hydrogen-bond donors (Lipinski definition) is 1. The number of aromatic nitrogens is 3. The largest absolute Gasteiger partial charge is 0.479 e. The van der Waals surface area contributed by atoms with E-state index < -0.39 is 11.5 Å². The minimum absolute atomic E-state index is 0.380. The molecule has 2 heterocycles. The molecule has 0 spiro atoms. The van der Waals surface area contributed by atoms with Gasteiger partial charge in [-0.05, 0) is 25.0 Å². The highest BCUT2D eigenvalue weighted by atomic mass is 16.4. The zero-order chi connectivity index (χ0) is 12.8. The SMILES string of the molecule is O=C(O)C1(n2nc3ccccn3c2=O)CCCC1. The van der Waals surface area contributed by atoms with Gasteiger partial charge in [-0.15, -0.1) is 5.10 Å². The van der Waals surface area contributed by atoms with Crippen LogP contribution >= 0.6 is 0 Å². The number of hydrogen-bond acceptors (Lipinski definition) is 3. The Morgan fingerprint density at radius 2 is 2.06 bits per heavy atom. The lowest BCUT2D eigenvalue weighted by molar-refractivity contribution is -0.148. The highest BCUT2D eigenvalue weighted by Gasteiger charge is 2.45. The summed E-state index contributed by atoms with van der Waals surface area (Å²) in [6.45, 7) is 0. The van der Waals surface area contributed by atoms with Gasteiger partial charge in [-0.3, -0.25) is 4.40 Å². The molecule has 1 saturated carbocycles. The molecule has 2 aromatic rings. The molecule has 2 aromatic heterocycles. The van der Waals surface area contributed by atoms with Gasteiger partial charge in [0.1, 0.15) is 0 Å². The van der Waals surface area contributed by atoms with Crippen LogP contribution in [0, 0.1) is 0 Å². The van der Waals surface area contributed by atoms with Crippen molar-refractivity contribution in [3.8, 4) is 0 Å². The zero-order valence-corrected chi connectivity index (χ0v) is 9.74. The molecule has 0 saturated heterocycles. The topological polar surface area (TPSA) is 76.6 Å². The van der Waals surface area contributed by atoms with Gasteiger partial charge in [-0.25, -0.2) is 9.59 Å². The minimum atomic E-state index is -1.16. The standard InChI is InChI=1S/C12H13N3O3/c16-10(17)12(6-2-3-7-12)15-11(18)14-8-4-1-5-9(14)13-15/h1,4-5,8H,2-3,6-7H2,(H,16,17). The molecule has 0 aromatic carbocycles. The third-order valence-electron chi connectivity index (χ3n) is 3.66. The molecule has 6 nitrogen and oxygen atoms in total. The van der Waals surface area contributed by atoms with Gasteiger partial charge in [0, 0.05) is 6.20 Å². The third kappa shape index (κ3) is 1.32. The van der Waals surface area contributed by atoms with Gasteiger partial charge in [0.05, 0.1) is 0 Å². The number of carbonyl (C=O) groups is 1. The summed E-state index contributed by atoms with van der Waals surface area (Å²) in [5.74, 6) is -0.967. The second kappa shape index (κ2) is 3.69. The van der Waals surface area contributed by atoms with Gasteiger partial charge in [-0.1, -0.05) is 18.9 Å². The highest BCUT2D eigenvalue weighted by Crippen LogP contribution is 2.35. The summed E-state index contributed by atoms with van der Waals surface area (Å²) in [4.78, 5) is 23.8. The minimum Gasteiger partial charge on any atom is -0.479 e. The summed E-state index contributed by atoms with van der Waals surface area (Å²) in [5, 5.41) is 13.6. The van der Waals surface area contributed by atoms with Gasteiger partial charge in [-0.2, -0.15) is 4.68 Å². The van der Waals surface area contributed by atoms with E-state index in [4.69, 9.17) is 0 Å². The molecule has 1 fully saturated rings. The van der Waals surface area contributed by atoms with E-state index in [1.807, 2.05) is 0 Å². The van der Waals surface area contributed by atoms with Gasteiger partial charge in [0.15, 0.2) is 11.2 Å². The van der Waals surface area contributed by atoms with E-state index >= 15 is 0 Å². The van der Waals surface area contributed by atoms with Crippen LogP contribution in [0.3, 0.4) is 0 Å². The van der Waals surface area contributed by atoms with Crippen LogP contribution < -0.4 is 5.69 Å².